The second-order valence-corrected chi connectivity index (χ2v) is 8.88. The van der Waals surface area contributed by atoms with Crippen LogP contribution < -0.4 is 11.1 Å². The fourth-order valence-corrected chi connectivity index (χ4v) is 4.77. The third-order valence-electron chi connectivity index (χ3n) is 6.24. The molecular weight excluding hydrogens is 487 g/mol. The summed E-state index contributed by atoms with van der Waals surface area (Å²) in [6, 6.07) is 6.23. The number of hydrogen-bond donors (Lipinski definition) is 2. The Bertz CT molecular complexity index is 1360. The number of amides is 2. The number of likely N-dealkylation sites (tertiary alicyclic amines) is 1. The molecule has 3 aromatic rings. The maximum atomic E-state index is 15.1. The summed E-state index contributed by atoms with van der Waals surface area (Å²) < 4.78 is 48.7. The number of nitrogens with zero attached hydrogens (tertiary/aromatic N) is 3. The number of carbonyl (C=O) groups is 2. The molecule has 2 aliphatic rings. The zero-order valence-electron chi connectivity index (χ0n) is 18.2. The van der Waals surface area contributed by atoms with Gasteiger partial charge in [0, 0.05) is 6.54 Å². The fourth-order valence-electron chi connectivity index (χ4n) is 4.61. The number of rotatable bonds is 3. The van der Waals surface area contributed by atoms with Crippen molar-refractivity contribution in [2.24, 2.45) is 0 Å². The van der Waals surface area contributed by atoms with Gasteiger partial charge in [0.2, 0.25) is 0 Å². The lowest BCUT2D eigenvalue weighted by molar-refractivity contribution is -0.0418. The Morgan fingerprint density at radius 3 is 2.80 bits per heavy atom. The molecule has 0 aliphatic carbocycles. The third-order valence-corrected chi connectivity index (χ3v) is 6.54. The van der Waals surface area contributed by atoms with Gasteiger partial charge in [-0.3, -0.25) is 10.1 Å². The Kier molecular flexibility index (Phi) is 5.59. The van der Waals surface area contributed by atoms with Crippen LogP contribution in [0.25, 0.3) is 0 Å². The number of piperidine rings is 1. The molecule has 0 bridgehead atoms. The molecule has 1 aromatic heterocycles. The summed E-state index contributed by atoms with van der Waals surface area (Å²) in [6.07, 6.45) is 1.23. The fraction of sp³-hybridized carbons (Fsp3) is 0.261. The van der Waals surface area contributed by atoms with Crippen molar-refractivity contribution >= 4 is 35.1 Å². The number of ether oxygens (including phenoxy) is 1. The number of hydrogen-bond acceptors (Lipinski definition) is 5. The minimum Gasteiger partial charge on any atom is -0.436 e. The van der Waals surface area contributed by atoms with E-state index >= 15 is 4.39 Å². The zero-order chi connectivity index (χ0) is 24.9. The first-order chi connectivity index (χ1) is 16.7. The summed E-state index contributed by atoms with van der Waals surface area (Å²) in [7, 11) is 0. The van der Waals surface area contributed by atoms with E-state index < -0.39 is 35.1 Å². The number of benzene rings is 2. The van der Waals surface area contributed by atoms with Crippen LogP contribution in [0.5, 0.6) is 0 Å². The van der Waals surface area contributed by atoms with Crippen molar-refractivity contribution in [3.8, 4) is 0 Å². The highest BCUT2D eigenvalue weighted by atomic mass is 35.5. The molecule has 1 spiro atoms. The average molecular weight is 506 g/mol. The summed E-state index contributed by atoms with van der Waals surface area (Å²) in [4.78, 5) is 27.0. The minimum absolute atomic E-state index is 0.0145. The molecule has 1 atom stereocenters. The van der Waals surface area contributed by atoms with Gasteiger partial charge in [0.25, 0.3) is 5.91 Å². The van der Waals surface area contributed by atoms with Crippen LogP contribution in [-0.2, 0) is 16.9 Å². The lowest BCUT2D eigenvalue weighted by Crippen LogP contribution is -2.53. The van der Waals surface area contributed by atoms with Crippen LogP contribution in [0.2, 0.25) is 5.02 Å². The summed E-state index contributed by atoms with van der Waals surface area (Å²) in [5, 5.41) is 6.45. The summed E-state index contributed by atoms with van der Waals surface area (Å²) in [5.74, 6) is -3.17. The molecule has 2 aliphatic heterocycles. The summed E-state index contributed by atoms with van der Waals surface area (Å²) >= 11 is 5.99. The van der Waals surface area contributed by atoms with Crippen molar-refractivity contribution in [3.63, 3.8) is 0 Å². The van der Waals surface area contributed by atoms with Crippen LogP contribution in [0, 0.1) is 17.5 Å². The molecular formula is C23H19ClF3N5O3. The van der Waals surface area contributed by atoms with Crippen LogP contribution in [-0.4, -0.2) is 39.8 Å². The van der Waals surface area contributed by atoms with Crippen molar-refractivity contribution in [2.75, 3.05) is 24.1 Å². The van der Waals surface area contributed by atoms with Gasteiger partial charge in [-0.1, -0.05) is 17.7 Å². The molecule has 1 saturated heterocycles. The molecule has 3 N–H and O–H groups in total. The number of fused-ring (bicyclic) bond motifs is 2. The van der Waals surface area contributed by atoms with Gasteiger partial charge in [-0.15, -0.1) is 0 Å². The quantitative estimate of drug-likeness (QED) is 0.553. The Hall–Kier alpha value is -3.73. The highest BCUT2D eigenvalue weighted by molar-refractivity contribution is 6.31. The highest BCUT2D eigenvalue weighted by Crippen LogP contribution is 2.45. The first kappa shape index (κ1) is 23.0. The maximum Gasteiger partial charge on any atom is 0.412 e. The average Bonchev–Trinajstić information content (AvgIpc) is 3.18. The van der Waals surface area contributed by atoms with E-state index in [1.165, 1.54) is 34.0 Å². The molecule has 2 aromatic carbocycles. The van der Waals surface area contributed by atoms with Crippen LogP contribution in [0.15, 0.2) is 36.5 Å². The summed E-state index contributed by atoms with van der Waals surface area (Å²) in [6.45, 7) is 0.217. The second kappa shape index (κ2) is 8.49. The lowest BCUT2D eigenvalue weighted by atomic mass is 9.83. The van der Waals surface area contributed by atoms with Gasteiger partial charge in [-0.05, 0) is 42.7 Å². The Morgan fingerprint density at radius 1 is 1.23 bits per heavy atom. The predicted molar refractivity (Wildman–Crippen MR) is 120 cm³/mol. The number of halogens is 4. The molecule has 35 heavy (non-hydrogen) atoms. The summed E-state index contributed by atoms with van der Waals surface area (Å²) in [5.41, 5.74) is 5.53. The maximum absolute atomic E-state index is 15.1. The molecule has 0 unspecified atom stereocenters. The lowest BCUT2D eigenvalue weighted by Gasteiger charge is -2.45. The first-order valence-electron chi connectivity index (χ1n) is 10.7. The van der Waals surface area contributed by atoms with Crippen LogP contribution in [0.4, 0.5) is 29.5 Å². The number of aromatic nitrogens is 2. The van der Waals surface area contributed by atoms with Crippen LogP contribution in [0.3, 0.4) is 0 Å². The molecule has 8 nitrogen and oxygen atoms in total. The van der Waals surface area contributed by atoms with Crippen molar-refractivity contribution < 1.29 is 27.5 Å². The van der Waals surface area contributed by atoms with E-state index in [2.05, 4.69) is 10.4 Å². The van der Waals surface area contributed by atoms with E-state index in [9.17, 15) is 18.4 Å². The molecule has 182 valence electrons. The van der Waals surface area contributed by atoms with E-state index in [1.54, 1.807) is 0 Å². The van der Waals surface area contributed by atoms with Gasteiger partial charge in [0.05, 0.1) is 35.6 Å². The van der Waals surface area contributed by atoms with E-state index in [-0.39, 0.29) is 40.7 Å². The predicted octanol–water partition coefficient (Wildman–Crippen LogP) is 4.28. The number of nitrogen functional groups attached to an aromatic ring is 1. The largest absolute Gasteiger partial charge is 0.436 e. The molecule has 3 heterocycles. The van der Waals surface area contributed by atoms with E-state index in [0.29, 0.717) is 24.9 Å². The van der Waals surface area contributed by atoms with Crippen molar-refractivity contribution in [3.05, 3.63) is 75.7 Å². The number of carbonyl (C=O) groups excluding carboxylic acids is 2. The molecule has 0 saturated carbocycles. The Morgan fingerprint density at radius 2 is 2.03 bits per heavy atom. The Balaban J connectivity index is 1.43. The number of nitrogens with two attached hydrogens (primary N) is 1. The highest BCUT2D eigenvalue weighted by Gasteiger charge is 2.48. The van der Waals surface area contributed by atoms with Gasteiger partial charge in [0.15, 0.2) is 23.1 Å². The van der Waals surface area contributed by atoms with Gasteiger partial charge >= 0.3 is 6.09 Å². The van der Waals surface area contributed by atoms with Gasteiger partial charge in [-0.25, -0.2) is 22.6 Å². The number of nitrogens with one attached hydrogen (secondary N) is 1. The van der Waals surface area contributed by atoms with Gasteiger partial charge in [0.1, 0.15) is 11.4 Å². The third kappa shape index (κ3) is 3.95. The van der Waals surface area contributed by atoms with Gasteiger partial charge < -0.3 is 15.4 Å². The smallest absolute Gasteiger partial charge is 0.412 e. The van der Waals surface area contributed by atoms with Crippen molar-refractivity contribution in [1.82, 2.24) is 14.7 Å². The molecule has 5 rings (SSSR count). The van der Waals surface area contributed by atoms with Crippen molar-refractivity contribution in [2.45, 2.75) is 25.0 Å². The minimum atomic E-state index is -1.42. The first-order valence-corrected chi connectivity index (χ1v) is 11.1. The standard InChI is InChI=1S/C23H19ClF3N5O3/c24-14-3-5-17-18(19(14)27)23(35-22(34)30-17)6-1-7-31(11-23)21(33)13-9-29-32(20(13)28)10-12-2-4-15(25)16(26)8-12/h2-5,8-9H,1,6-7,10-11,28H2,(H,30,34)/t23-/m0/s1. The van der Waals surface area contributed by atoms with E-state index in [1.807, 2.05) is 0 Å². The second-order valence-electron chi connectivity index (χ2n) is 8.47. The topological polar surface area (TPSA) is 102 Å². The van der Waals surface area contributed by atoms with E-state index in [0.717, 1.165) is 12.1 Å². The number of anilines is 2. The Labute approximate surface area is 202 Å². The van der Waals surface area contributed by atoms with Crippen molar-refractivity contribution in [1.29, 1.82) is 0 Å². The monoisotopic (exact) mass is 505 g/mol. The molecule has 2 amide bonds. The molecule has 1 fully saturated rings. The molecule has 12 heteroatoms. The van der Waals surface area contributed by atoms with Crippen LogP contribution in [0.1, 0.15) is 34.3 Å². The van der Waals surface area contributed by atoms with Gasteiger partial charge in [-0.2, -0.15) is 5.10 Å². The van der Waals surface area contributed by atoms with Crippen LogP contribution >= 0.6 is 11.6 Å². The zero-order valence-corrected chi connectivity index (χ0v) is 18.9. The SMILES string of the molecule is Nc1c(C(=O)N2CCC[C@@]3(C2)OC(=O)Nc2ccc(Cl)c(F)c23)cnn1Cc1ccc(F)c(F)c1. The molecule has 0 radical (unpaired) electrons. The van der Waals surface area contributed by atoms with E-state index in [4.69, 9.17) is 22.1 Å². The normalized spacial score (nSPS) is 19.3.